The summed E-state index contributed by atoms with van der Waals surface area (Å²) in [6, 6.07) is 5.90. The predicted octanol–water partition coefficient (Wildman–Crippen LogP) is 0.834. The predicted molar refractivity (Wildman–Crippen MR) is 75.6 cm³/mol. The number of carbonyl (C=O) groups excluding carboxylic acids is 1. The molecular weight excluding hydrogens is 276 g/mol. The molecule has 2 rings (SSSR count). The molecule has 6 heteroatoms. The molecule has 0 spiro atoms. The second kappa shape index (κ2) is 6.07. The van der Waals surface area contributed by atoms with Gasteiger partial charge in [0.25, 0.3) is 5.91 Å². The van der Waals surface area contributed by atoms with Crippen LogP contribution in [0, 0.1) is 12.3 Å². The number of terminal acetylenes is 1. The van der Waals surface area contributed by atoms with Gasteiger partial charge in [0.15, 0.2) is 0 Å². The highest BCUT2D eigenvalue weighted by Gasteiger charge is 2.20. The number of nitrogens with one attached hydrogen (secondary N) is 1. The quantitative estimate of drug-likeness (QED) is 0.836. The van der Waals surface area contributed by atoms with E-state index in [1.54, 1.807) is 4.90 Å². The number of sulfonamides is 1. The Morgan fingerprint density at radius 1 is 1.25 bits per heavy atom. The van der Waals surface area contributed by atoms with Crippen molar-refractivity contribution in [3.05, 3.63) is 29.8 Å². The fourth-order valence-electron chi connectivity index (χ4n) is 2.10. The van der Waals surface area contributed by atoms with Crippen molar-refractivity contribution in [1.82, 2.24) is 9.62 Å². The number of rotatable bonds is 4. The topological polar surface area (TPSA) is 66.5 Å². The highest BCUT2D eigenvalue weighted by Crippen LogP contribution is 2.15. The van der Waals surface area contributed by atoms with E-state index < -0.39 is 10.0 Å². The van der Waals surface area contributed by atoms with Crippen LogP contribution in [-0.4, -0.2) is 38.9 Å². The molecule has 0 aromatic heterocycles. The van der Waals surface area contributed by atoms with E-state index in [0.717, 1.165) is 25.9 Å². The molecule has 1 saturated heterocycles. The molecule has 0 radical (unpaired) electrons. The smallest absolute Gasteiger partial charge is 0.253 e. The Kier molecular flexibility index (Phi) is 4.42. The van der Waals surface area contributed by atoms with E-state index in [1.807, 2.05) is 0 Å². The second-order valence-electron chi connectivity index (χ2n) is 4.55. The monoisotopic (exact) mass is 292 g/mol. The summed E-state index contributed by atoms with van der Waals surface area (Å²) in [5.74, 6) is 2.16. The van der Waals surface area contributed by atoms with Crippen molar-refractivity contribution >= 4 is 15.9 Å². The summed E-state index contributed by atoms with van der Waals surface area (Å²) < 4.78 is 25.9. The van der Waals surface area contributed by atoms with Crippen molar-refractivity contribution in [3.8, 4) is 12.3 Å². The molecule has 1 N–H and O–H groups in total. The molecule has 0 atom stereocenters. The van der Waals surface area contributed by atoms with Crippen molar-refractivity contribution < 1.29 is 13.2 Å². The first-order valence-corrected chi connectivity index (χ1v) is 7.85. The first-order valence-electron chi connectivity index (χ1n) is 6.37. The average molecular weight is 292 g/mol. The fourth-order valence-corrected chi connectivity index (χ4v) is 3.03. The standard InChI is InChI=1S/C14H16N2O3S/c1-2-9-15-20(18,19)13-7-5-12(6-8-13)14(17)16-10-3-4-11-16/h1,5-8,15H,3-4,9-11H2. The molecule has 0 unspecified atom stereocenters. The Morgan fingerprint density at radius 3 is 2.40 bits per heavy atom. The van der Waals surface area contributed by atoms with Crippen LogP contribution in [0.2, 0.25) is 0 Å². The molecule has 1 aliphatic rings. The minimum absolute atomic E-state index is 0.0527. The van der Waals surface area contributed by atoms with Gasteiger partial charge in [0.1, 0.15) is 0 Å². The molecule has 1 aromatic carbocycles. The van der Waals surface area contributed by atoms with Crippen LogP contribution in [0.4, 0.5) is 0 Å². The molecular formula is C14H16N2O3S. The molecule has 106 valence electrons. The number of likely N-dealkylation sites (tertiary alicyclic amines) is 1. The van der Waals surface area contributed by atoms with Crippen molar-refractivity contribution in [2.75, 3.05) is 19.6 Å². The fraction of sp³-hybridized carbons (Fsp3) is 0.357. The van der Waals surface area contributed by atoms with E-state index in [9.17, 15) is 13.2 Å². The summed E-state index contributed by atoms with van der Waals surface area (Å²) in [5.41, 5.74) is 0.503. The van der Waals surface area contributed by atoms with Crippen LogP contribution in [0.1, 0.15) is 23.2 Å². The zero-order valence-corrected chi connectivity index (χ0v) is 11.8. The van der Waals surface area contributed by atoms with Crippen molar-refractivity contribution in [1.29, 1.82) is 0 Å². The van der Waals surface area contributed by atoms with Crippen LogP contribution in [0.3, 0.4) is 0 Å². The molecule has 0 saturated carbocycles. The van der Waals surface area contributed by atoms with Gasteiger partial charge in [-0.05, 0) is 37.1 Å². The molecule has 1 aromatic rings. The zero-order chi connectivity index (χ0) is 14.6. The van der Waals surface area contributed by atoms with Crippen LogP contribution >= 0.6 is 0 Å². The maximum absolute atomic E-state index is 12.1. The van der Waals surface area contributed by atoms with E-state index >= 15 is 0 Å². The largest absolute Gasteiger partial charge is 0.339 e. The maximum Gasteiger partial charge on any atom is 0.253 e. The molecule has 20 heavy (non-hydrogen) atoms. The highest BCUT2D eigenvalue weighted by atomic mass is 32.2. The number of carbonyl (C=O) groups is 1. The van der Waals surface area contributed by atoms with Crippen LogP contribution in [-0.2, 0) is 10.0 Å². The number of amides is 1. The second-order valence-corrected chi connectivity index (χ2v) is 6.32. The van der Waals surface area contributed by atoms with Gasteiger partial charge in [-0.3, -0.25) is 4.79 Å². The van der Waals surface area contributed by atoms with Gasteiger partial charge >= 0.3 is 0 Å². The molecule has 0 aliphatic carbocycles. The zero-order valence-electron chi connectivity index (χ0n) is 11.0. The summed E-state index contributed by atoms with van der Waals surface area (Å²) >= 11 is 0. The van der Waals surface area contributed by atoms with Crippen molar-refractivity contribution in [3.63, 3.8) is 0 Å². The third-order valence-corrected chi connectivity index (χ3v) is 4.59. The van der Waals surface area contributed by atoms with Gasteiger partial charge in [-0.1, -0.05) is 5.92 Å². The highest BCUT2D eigenvalue weighted by molar-refractivity contribution is 7.89. The summed E-state index contributed by atoms with van der Waals surface area (Å²) in [7, 11) is -3.60. The van der Waals surface area contributed by atoms with Gasteiger partial charge in [0.2, 0.25) is 10.0 Å². The van der Waals surface area contributed by atoms with Gasteiger partial charge in [0, 0.05) is 18.7 Å². The summed E-state index contributed by atoms with van der Waals surface area (Å²) in [6.07, 6.45) is 7.06. The normalized spacial score (nSPS) is 15.1. The van der Waals surface area contributed by atoms with E-state index in [-0.39, 0.29) is 17.3 Å². The lowest BCUT2D eigenvalue weighted by Crippen LogP contribution is -2.28. The van der Waals surface area contributed by atoms with E-state index in [1.165, 1.54) is 24.3 Å². The third-order valence-electron chi connectivity index (χ3n) is 3.17. The van der Waals surface area contributed by atoms with E-state index in [4.69, 9.17) is 6.42 Å². The molecule has 0 bridgehead atoms. The van der Waals surface area contributed by atoms with Crippen molar-refractivity contribution in [2.45, 2.75) is 17.7 Å². The Labute approximate surface area is 119 Å². The van der Waals surface area contributed by atoms with Gasteiger partial charge in [0.05, 0.1) is 11.4 Å². The van der Waals surface area contributed by atoms with Gasteiger partial charge in [-0.25, -0.2) is 8.42 Å². The van der Waals surface area contributed by atoms with E-state index in [2.05, 4.69) is 10.6 Å². The molecule has 1 aliphatic heterocycles. The van der Waals surface area contributed by atoms with Crippen LogP contribution < -0.4 is 4.72 Å². The van der Waals surface area contributed by atoms with Gasteiger partial charge in [-0.15, -0.1) is 6.42 Å². The van der Waals surface area contributed by atoms with Crippen LogP contribution in [0.5, 0.6) is 0 Å². The first kappa shape index (κ1) is 14.6. The SMILES string of the molecule is C#CCNS(=O)(=O)c1ccc(C(=O)N2CCCC2)cc1. The summed E-state index contributed by atoms with van der Waals surface area (Å²) in [4.78, 5) is 14.0. The molecule has 5 nitrogen and oxygen atoms in total. The third kappa shape index (κ3) is 3.18. The lowest BCUT2D eigenvalue weighted by molar-refractivity contribution is 0.0792. The average Bonchev–Trinajstić information content (AvgIpc) is 2.99. The maximum atomic E-state index is 12.1. The summed E-state index contributed by atoms with van der Waals surface area (Å²) in [6.45, 7) is 1.47. The Bertz CT molecular complexity index is 623. The van der Waals surface area contributed by atoms with Crippen LogP contribution in [0.15, 0.2) is 29.2 Å². The Hall–Kier alpha value is -1.84. The first-order chi connectivity index (χ1) is 9.54. The Morgan fingerprint density at radius 2 is 1.85 bits per heavy atom. The summed E-state index contributed by atoms with van der Waals surface area (Å²) in [5, 5.41) is 0. The number of nitrogens with zero attached hydrogens (tertiary/aromatic N) is 1. The molecule has 1 amide bonds. The van der Waals surface area contributed by atoms with Crippen LogP contribution in [0.25, 0.3) is 0 Å². The lowest BCUT2D eigenvalue weighted by atomic mass is 10.2. The minimum Gasteiger partial charge on any atom is -0.339 e. The molecule has 1 heterocycles. The Balaban J connectivity index is 2.14. The van der Waals surface area contributed by atoms with Gasteiger partial charge in [-0.2, -0.15) is 4.72 Å². The minimum atomic E-state index is -3.60. The van der Waals surface area contributed by atoms with Gasteiger partial charge < -0.3 is 4.90 Å². The number of hydrogen-bond acceptors (Lipinski definition) is 3. The van der Waals surface area contributed by atoms with Crippen molar-refractivity contribution in [2.24, 2.45) is 0 Å². The lowest BCUT2D eigenvalue weighted by Gasteiger charge is -2.15. The van der Waals surface area contributed by atoms with E-state index in [0.29, 0.717) is 5.56 Å². The number of benzene rings is 1. The number of hydrogen-bond donors (Lipinski definition) is 1. The molecule has 1 fully saturated rings.